The van der Waals surface area contributed by atoms with E-state index in [1.54, 1.807) is 25.3 Å². The van der Waals surface area contributed by atoms with E-state index in [0.717, 1.165) is 4.47 Å². The van der Waals surface area contributed by atoms with E-state index >= 15 is 0 Å². The fourth-order valence-electron chi connectivity index (χ4n) is 1.69. The Labute approximate surface area is 124 Å². The standard InChI is InChI=1S/C14H13BrN2O3/c1-20-11-5-8(15)4-9(6-11)17-14(19)12-7-10(18)2-3-13(12)16/h2-7,18H,16H2,1H3,(H,17,19). The van der Waals surface area contributed by atoms with Crippen molar-refractivity contribution < 1.29 is 14.6 Å². The highest BCUT2D eigenvalue weighted by molar-refractivity contribution is 9.10. The van der Waals surface area contributed by atoms with Gasteiger partial charge in [-0.25, -0.2) is 0 Å². The van der Waals surface area contributed by atoms with Crippen LogP contribution in [0.15, 0.2) is 40.9 Å². The number of nitrogens with two attached hydrogens (primary N) is 1. The summed E-state index contributed by atoms with van der Waals surface area (Å²) in [6.45, 7) is 0. The molecule has 0 saturated heterocycles. The van der Waals surface area contributed by atoms with E-state index in [4.69, 9.17) is 10.5 Å². The maximum atomic E-state index is 12.1. The van der Waals surface area contributed by atoms with Crippen LogP contribution in [0.2, 0.25) is 0 Å². The quantitative estimate of drug-likeness (QED) is 0.594. The van der Waals surface area contributed by atoms with Crippen molar-refractivity contribution in [2.75, 3.05) is 18.2 Å². The largest absolute Gasteiger partial charge is 0.508 e. The number of nitrogen functional groups attached to an aromatic ring is 1. The molecular formula is C14H13BrN2O3. The molecule has 0 atom stereocenters. The summed E-state index contributed by atoms with van der Waals surface area (Å²) in [5.74, 6) is 0.188. The molecule has 6 heteroatoms. The van der Waals surface area contributed by atoms with Crippen LogP contribution in [0, 0.1) is 0 Å². The molecule has 0 aliphatic carbocycles. The predicted octanol–water partition coefficient (Wildman–Crippen LogP) is 3.00. The Hall–Kier alpha value is -2.21. The number of benzene rings is 2. The summed E-state index contributed by atoms with van der Waals surface area (Å²) in [6, 6.07) is 9.42. The van der Waals surface area contributed by atoms with Crippen LogP contribution in [-0.4, -0.2) is 18.1 Å². The van der Waals surface area contributed by atoms with Gasteiger partial charge in [0.05, 0.1) is 12.7 Å². The number of aromatic hydroxyl groups is 1. The molecule has 0 aliphatic heterocycles. The van der Waals surface area contributed by atoms with Crippen molar-refractivity contribution in [1.82, 2.24) is 0 Å². The maximum absolute atomic E-state index is 12.1. The van der Waals surface area contributed by atoms with Crippen molar-refractivity contribution in [1.29, 1.82) is 0 Å². The number of hydrogen-bond donors (Lipinski definition) is 3. The summed E-state index contributed by atoms with van der Waals surface area (Å²) < 4.78 is 5.89. The number of carbonyl (C=O) groups excluding carboxylic acids is 1. The van der Waals surface area contributed by atoms with Crippen molar-refractivity contribution in [2.45, 2.75) is 0 Å². The molecule has 20 heavy (non-hydrogen) atoms. The lowest BCUT2D eigenvalue weighted by Gasteiger charge is -2.10. The maximum Gasteiger partial charge on any atom is 0.257 e. The zero-order chi connectivity index (χ0) is 14.7. The Bertz CT molecular complexity index is 659. The first-order valence-corrected chi connectivity index (χ1v) is 6.53. The van der Waals surface area contributed by atoms with Gasteiger partial charge >= 0.3 is 0 Å². The summed E-state index contributed by atoms with van der Waals surface area (Å²) in [7, 11) is 1.54. The predicted molar refractivity (Wildman–Crippen MR) is 81.2 cm³/mol. The number of hydrogen-bond acceptors (Lipinski definition) is 4. The summed E-state index contributed by atoms with van der Waals surface area (Å²) >= 11 is 3.33. The van der Waals surface area contributed by atoms with Gasteiger partial charge < -0.3 is 20.9 Å². The molecule has 0 saturated carbocycles. The lowest BCUT2D eigenvalue weighted by atomic mass is 10.1. The Morgan fingerprint density at radius 3 is 2.75 bits per heavy atom. The third-order valence-corrected chi connectivity index (χ3v) is 3.10. The first kappa shape index (κ1) is 14.2. The van der Waals surface area contributed by atoms with Gasteiger partial charge in [0, 0.05) is 21.9 Å². The van der Waals surface area contributed by atoms with Gasteiger partial charge in [-0.05, 0) is 30.3 Å². The average molecular weight is 337 g/mol. The number of ether oxygens (including phenoxy) is 1. The third kappa shape index (κ3) is 3.21. The molecule has 5 nitrogen and oxygen atoms in total. The summed E-state index contributed by atoms with van der Waals surface area (Å²) in [5, 5.41) is 12.1. The van der Waals surface area contributed by atoms with Crippen LogP contribution in [0.4, 0.5) is 11.4 Å². The Kier molecular flexibility index (Phi) is 4.14. The molecule has 2 rings (SSSR count). The van der Waals surface area contributed by atoms with E-state index in [2.05, 4.69) is 21.2 Å². The van der Waals surface area contributed by atoms with Gasteiger partial charge in [-0.3, -0.25) is 4.79 Å². The summed E-state index contributed by atoms with van der Waals surface area (Å²) in [4.78, 5) is 12.1. The van der Waals surface area contributed by atoms with E-state index in [-0.39, 0.29) is 11.3 Å². The van der Waals surface area contributed by atoms with Crippen molar-refractivity contribution in [3.8, 4) is 11.5 Å². The normalized spacial score (nSPS) is 10.1. The second kappa shape index (κ2) is 5.83. The van der Waals surface area contributed by atoms with E-state index in [1.807, 2.05) is 0 Å². The highest BCUT2D eigenvalue weighted by atomic mass is 79.9. The Morgan fingerprint density at radius 1 is 1.30 bits per heavy atom. The van der Waals surface area contributed by atoms with Crippen LogP contribution < -0.4 is 15.8 Å². The van der Waals surface area contributed by atoms with Gasteiger partial charge in [0.2, 0.25) is 0 Å². The molecule has 0 radical (unpaired) electrons. The van der Waals surface area contributed by atoms with E-state index in [9.17, 15) is 9.90 Å². The molecule has 4 N–H and O–H groups in total. The fraction of sp³-hybridized carbons (Fsp3) is 0.0714. The molecule has 0 spiro atoms. The number of anilines is 2. The second-order valence-corrected chi connectivity index (χ2v) is 5.02. The number of phenols is 1. The number of phenolic OH excluding ortho intramolecular Hbond substituents is 1. The fourth-order valence-corrected chi connectivity index (χ4v) is 2.16. The Morgan fingerprint density at radius 2 is 2.05 bits per heavy atom. The third-order valence-electron chi connectivity index (χ3n) is 2.65. The van der Waals surface area contributed by atoms with Crippen molar-refractivity contribution >= 4 is 33.2 Å². The first-order chi connectivity index (χ1) is 9.49. The molecule has 0 aliphatic rings. The molecule has 0 unspecified atom stereocenters. The van der Waals surface area contributed by atoms with Gasteiger partial charge in [-0.1, -0.05) is 15.9 Å². The topological polar surface area (TPSA) is 84.6 Å². The van der Waals surface area contributed by atoms with Crippen LogP contribution >= 0.6 is 15.9 Å². The van der Waals surface area contributed by atoms with E-state index in [0.29, 0.717) is 17.1 Å². The van der Waals surface area contributed by atoms with Gasteiger partial charge in [-0.15, -0.1) is 0 Å². The van der Waals surface area contributed by atoms with Crippen LogP contribution in [0.5, 0.6) is 11.5 Å². The summed E-state index contributed by atoms with van der Waals surface area (Å²) in [6.07, 6.45) is 0. The number of nitrogens with one attached hydrogen (secondary N) is 1. The second-order valence-electron chi connectivity index (χ2n) is 4.11. The zero-order valence-electron chi connectivity index (χ0n) is 10.7. The number of methoxy groups -OCH3 is 1. The molecule has 1 amide bonds. The van der Waals surface area contributed by atoms with Gasteiger partial charge in [0.25, 0.3) is 5.91 Å². The van der Waals surface area contributed by atoms with Gasteiger partial charge in [0.15, 0.2) is 0 Å². The molecular weight excluding hydrogens is 324 g/mol. The highest BCUT2D eigenvalue weighted by Crippen LogP contribution is 2.26. The lowest BCUT2D eigenvalue weighted by Crippen LogP contribution is -2.14. The lowest BCUT2D eigenvalue weighted by molar-refractivity contribution is 0.102. The molecule has 0 bridgehead atoms. The number of rotatable bonds is 3. The molecule has 0 aromatic heterocycles. The first-order valence-electron chi connectivity index (χ1n) is 5.74. The van der Waals surface area contributed by atoms with Gasteiger partial charge in [0.1, 0.15) is 11.5 Å². The zero-order valence-corrected chi connectivity index (χ0v) is 12.3. The number of halogens is 1. The van der Waals surface area contributed by atoms with Crippen LogP contribution in [0.25, 0.3) is 0 Å². The van der Waals surface area contributed by atoms with Crippen LogP contribution in [0.3, 0.4) is 0 Å². The monoisotopic (exact) mass is 336 g/mol. The minimum Gasteiger partial charge on any atom is -0.508 e. The van der Waals surface area contributed by atoms with Crippen LogP contribution in [-0.2, 0) is 0 Å². The van der Waals surface area contributed by atoms with Crippen molar-refractivity contribution in [3.63, 3.8) is 0 Å². The minimum absolute atomic E-state index is 0.0174. The number of carbonyl (C=O) groups is 1. The van der Waals surface area contributed by atoms with E-state index in [1.165, 1.54) is 18.2 Å². The van der Waals surface area contributed by atoms with Gasteiger partial charge in [-0.2, -0.15) is 0 Å². The molecule has 0 heterocycles. The highest BCUT2D eigenvalue weighted by Gasteiger charge is 2.11. The van der Waals surface area contributed by atoms with Crippen LogP contribution in [0.1, 0.15) is 10.4 Å². The summed E-state index contributed by atoms with van der Waals surface area (Å²) in [5.41, 5.74) is 6.79. The minimum atomic E-state index is -0.404. The average Bonchev–Trinajstić information content (AvgIpc) is 2.40. The van der Waals surface area contributed by atoms with Crippen molar-refractivity contribution in [2.24, 2.45) is 0 Å². The molecule has 2 aromatic carbocycles. The smallest absolute Gasteiger partial charge is 0.257 e. The SMILES string of the molecule is COc1cc(Br)cc(NC(=O)c2cc(O)ccc2N)c1. The Balaban J connectivity index is 2.27. The molecule has 104 valence electrons. The molecule has 0 fully saturated rings. The van der Waals surface area contributed by atoms with E-state index < -0.39 is 5.91 Å². The van der Waals surface area contributed by atoms with Crippen molar-refractivity contribution in [3.05, 3.63) is 46.4 Å². The molecule has 2 aromatic rings. The number of amides is 1.